The van der Waals surface area contributed by atoms with E-state index in [1.807, 2.05) is 63.5 Å². The molecule has 0 aliphatic heterocycles. The Kier molecular flexibility index (Phi) is 5.84. The third-order valence-electron chi connectivity index (χ3n) is 5.70. The first kappa shape index (κ1) is 22.4. The number of benzene rings is 2. The van der Waals surface area contributed by atoms with Crippen LogP contribution >= 0.6 is 0 Å². The molecule has 0 unspecified atom stereocenters. The average Bonchev–Trinajstić information content (AvgIpc) is 3.59. The highest BCUT2D eigenvalue weighted by Gasteiger charge is 2.28. The molecule has 0 atom stereocenters. The fourth-order valence-electron chi connectivity index (χ4n) is 4.15. The largest absolute Gasteiger partial charge is 0.494 e. The van der Waals surface area contributed by atoms with Crippen LogP contribution in [0, 0.1) is 6.92 Å². The van der Waals surface area contributed by atoms with Gasteiger partial charge in [-0.05, 0) is 74.6 Å². The van der Waals surface area contributed by atoms with E-state index >= 15 is 0 Å². The molecule has 0 aliphatic carbocycles. The second kappa shape index (κ2) is 9.12. The Bertz CT molecular complexity index is 1510. The Balaban J connectivity index is 1.72. The molecule has 0 fully saturated rings. The number of aliphatic imine (C=N–C) groups is 1. The van der Waals surface area contributed by atoms with Crippen LogP contribution < -0.4 is 0 Å². The van der Waals surface area contributed by atoms with Gasteiger partial charge in [0.25, 0.3) is 0 Å². The minimum absolute atomic E-state index is 0.123. The summed E-state index contributed by atoms with van der Waals surface area (Å²) in [6, 6.07) is 20.3. The van der Waals surface area contributed by atoms with E-state index in [2.05, 4.69) is 4.90 Å². The van der Waals surface area contributed by atoms with Gasteiger partial charge >= 0.3 is 5.91 Å². The number of rotatable bonds is 6. The molecule has 1 N–H and O–H groups in total. The van der Waals surface area contributed by atoms with Crippen molar-refractivity contribution in [3.05, 3.63) is 107 Å². The topological polar surface area (TPSA) is 84.1 Å². The van der Waals surface area contributed by atoms with Crippen LogP contribution in [0.5, 0.6) is 5.88 Å². The molecule has 0 saturated carbocycles. The van der Waals surface area contributed by atoms with Gasteiger partial charge in [-0.2, -0.15) is 0 Å². The van der Waals surface area contributed by atoms with Crippen LogP contribution in [0.25, 0.3) is 10.9 Å². The summed E-state index contributed by atoms with van der Waals surface area (Å²) in [5.41, 5.74) is 4.19. The summed E-state index contributed by atoms with van der Waals surface area (Å²) in [6.45, 7) is 2.75. The van der Waals surface area contributed by atoms with Crippen molar-refractivity contribution in [3.8, 4) is 5.88 Å². The number of furan rings is 2. The van der Waals surface area contributed by atoms with Crippen LogP contribution in [-0.4, -0.2) is 40.3 Å². The van der Waals surface area contributed by atoms with Gasteiger partial charge in [0.05, 0.1) is 29.3 Å². The van der Waals surface area contributed by atoms with Crippen molar-refractivity contribution in [2.75, 3.05) is 14.1 Å². The maximum absolute atomic E-state index is 13.3. The van der Waals surface area contributed by atoms with Gasteiger partial charge < -0.3 is 18.8 Å². The third kappa shape index (κ3) is 4.29. The van der Waals surface area contributed by atoms with E-state index in [9.17, 15) is 9.90 Å². The molecular weight excluding hydrogens is 442 g/mol. The van der Waals surface area contributed by atoms with Crippen LogP contribution in [0.1, 0.15) is 33.0 Å². The van der Waals surface area contributed by atoms with Gasteiger partial charge in [0.2, 0.25) is 5.88 Å². The second-order valence-corrected chi connectivity index (χ2v) is 8.68. The van der Waals surface area contributed by atoms with Crippen molar-refractivity contribution in [1.82, 2.24) is 9.47 Å². The summed E-state index contributed by atoms with van der Waals surface area (Å²) in [6.07, 6.45) is 2.98. The fraction of sp³-hybridized carbons (Fsp3) is 0.143. The van der Waals surface area contributed by atoms with E-state index in [0.717, 1.165) is 17.7 Å². The van der Waals surface area contributed by atoms with E-state index in [1.54, 1.807) is 30.5 Å². The van der Waals surface area contributed by atoms with E-state index < -0.39 is 5.91 Å². The monoisotopic (exact) mass is 467 g/mol. The Morgan fingerprint density at radius 1 is 0.971 bits per heavy atom. The normalized spacial score (nSPS) is 12.1. The number of hydrogen-bond donors (Lipinski definition) is 1. The van der Waals surface area contributed by atoms with Crippen molar-refractivity contribution < 1.29 is 18.7 Å². The van der Waals surface area contributed by atoms with Gasteiger partial charge in [-0.25, -0.2) is 9.56 Å². The zero-order valence-corrected chi connectivity index (χ0v) is 19.7. The minimum atomic E-state index is -0.471. The van der Waals surface area contributed by atoms with Crippen LogP contribution in [0.2, 0.25) is 0 Å². The van der Waals surface area contributed by atoms with Gasteiger partial charge in [0.15, 0.2) is 11.5 Å². The smallest absolute Gasteiger partial charge is 0.300 e. The predicted molar refractivity (Wildman–Crippen MR) is 135 cm³/mol. The molecule has 35 heavy (non-hydrogen) atoms. The molecule has 5 aromatic rings. The second-order valence-electron chi connectivity index (χ2n) is 8.68. The molecule has 5 rings (SSSR count). The lowest BCUT2D eigenvalue weighted by atomic mass is 10.0. The number of nitrogens with zero attached hydrogens (tertiary/aromatic N) is 3. The molecule has 7 nitrogen and oxygen atoms in total. The number of aryl methyl sites for hydroxylation is 1. The average molecular weight is 468 g/mol. The number of carbonyl (C=O) groups excluding carboxylic acids is 1. The molecule has 3 aromatic heterocycles. The maximum Gasteiger partial charge on any atom is 0.300 e. The first-order chi connectivity index (χ1) is 16.9. The Hall–Kier alpha value is -4.36. The highest BCUT2D eigenvalue weighted by molar-refractivity contribution is 6.22. The summed E-state index contributed by atoms with van der Waals surface area (Å²) in [5.74, 6) is -0.103. The van der Waals surface area contributed by atoms with Crippen molar-refractivity contribution in [2.24, 2.45) is 4.99 Å². The lowest BCUT2D eigenvalue weighted by molar-refractivity contribution is 0.0929. The summed E-state index contributed by atoms with van der Waals surface area (Å²) >= 11 is 0. The lowest BCUT2D eigenvalue weighted by Crippen LogP contribution is -2.11. The molecule has 0 bridgehead atoms. The van der Waals surface area contributed by atoms with E-state index in [-0.39, 0.29) is 11.6 Å². The maximum atomic E-state index is 13.3. The number of carbonyl (C=O) groups is 1. The van der Waals surface area contributed by atoms with Crippen LogP contribution in [-0.2, 0) is 6.54 Å². The molecule has 0 spiro atoms. The molecule has 0 saturated heterocycles. The molecule has 0 amide bonds. The quantitative estimate of drug-likeness (QED) is 0.321. The Morgan fingerprint density at radius 3 is 2.29 bits per heavy atom. The van der Waals surface area contributed by atoms with Gasteiger partial charge in [0, 0.05) is 11.9 Å². The molecule has 3 heterocycles. The first-order valence-corrected chi connectivity index (χ1v) is 11.2. The van der Waals surface area contributed by atoms with Crippen LogP contribution in [0.3, 0.4) is 0 Å². The number of aromatic hydroxyl groups is 1. The number of hydrogen-bond acceptors (Lipinski definition) is 6. The van der Waals surface area contributed by atoms with E-state index in [0.29, 0.717) is 33.6 Å². The molecule has 0 aliphatic rings. The van der Waals surface area contributed by atoms with Crippen molar-refractivity contribution >= 4 is 28.2 Å². The number of fused-ring (bicyclic) bond motifs is 1. The van der Waals surface area contributed by atoms with Crippen LogP contribution in [0.4, 0.5) is 5.69 Å². The van der Waals surface area contributed by atoms with Crippen molar-refractivity contribution in [3.63, 3.8) is 0 Å². The number of aromatic nitrogens is 1. The Morgan fingerprint density at radius 2 is 1.66 bits per heavy atom. The SMILES string of the molecule is Cc1ccc2c(C(=Nc3ccc(CN(C)C)cc3)c3ccco3)c(O)n(C(=O)c3ccco3)c2c1. The Labute approximate surface area is 202 Å². The van der Waals surface area contributed by atoms with Gasteiger partial charge in [-0.3, -0.25) is 4.79 Å². The zero-order chi connectivity index (χ0) is 24.5. The molecular formula is C28H25N3O4. The summed E-state index contributed by atoms with van der Waals surface area (Å²) in [7, 11) is 4.04. The minimum Gasteiger partial charge on any atom is -0.494 e. The first-order valence-electron chi connectivity index (χ1n) is 11.2. The van der Waals surface area contributed by atoms with Gasteiger partial charge in [-0.1, -0.05) is 24.3 Å². The molecule has 0 radical (unpaired) electrons. The van der Waals surface area contributed by atoms with Crippen molar-refractivity contribution in [2.45, 2.75) is 13.5 Å². The van der Waals surface area contributed by atoms with Gasteiger partial charge in [0.1, 0.15) is 5.71 Å². The fourth-order valence-corrected chi connectivity index (χ4v) is 4.15. The molecule has 176 valence electrons. The lowest BCUT2D eigenvalue weighted by Gasteiger charge is -2.10. The highest BCUT2D eigenvalue weighted by Crippen LogP contribution is 2.36. The third-order valence-corrected chi connectivity index (χ3v) is 5.70. The van der Waals surface area contributed by atoms with Crippen molar-refractivity contribution in [1.29, 1.82) is 0 Å². The van der Waals surface area contributed by atoms with E-state index in [4.69, 9.17) is 13.8 Å². The van der Waals surface area contributed by atoms with E-state index in [1.165, 1.54) is 10.8 Å². The zero-order valence-electron chi connectivity index (χ0n) is 19.7. The molecule has 2 aromatic carbocycles. The standard InChI is InChI=1S/C28H25N3O4/c1-18-8-13-21-22(16-18)31(27(32)24-7-5-15-35-24)28(33)25(21)26(23-6-4-14-34-23)29-20-11-9-19(10-12-20)17-30(2)3/h4-16,33H,17H2,1-3H3. The summed E-state index contributed by atoms with van der Waals surface area (Å²) < 4.78 is 12.3. The summed E-state index contributed by atoms with van der Waals surface area (Å²) in [5, 5.41) is 12.1. The molecule has 7 heteroatoms. The van der Waals surface area contributed by atoms with Gasteiger partial charge in [-0.15, -0.1) is 0 Å². The highest BCUT2D eigenvalue weighted by atomic mass is 16.3. The predicted octanol–water partition coefficient (Wildman–Crippen LogP) is 5.76. The summed E-state index contributed by atoms with van der Waals surface area (Å²) in [4.78, 5) is 20.3. The van der Waals surface area contributed by atoms with Crippen LogP contribution in [0.15, 0.2) is 93.1 Å².